The lowest BCUT2D eigenvalue weighted by molar-refractivity contribution is -0.111. The van der Waals surface area contributed by atoms with E-state index in [1.165, 1.54) is 12.3 Å². The van der Waals surface area contributed by atoms with E-state index in [2.05, 4.69) is 37.1 Å². The number of carbonyl (C=O) groups is 1. The number of ether oxygens (including phenoxy) is 3. The zero-order valence-corrected chi connectivity index (χ0v) is 20.8. The van der Waals surface area contributed by atoms with Crippen LogP contribution in [-0.4, -0.2) is 91.5 Å². The van der Waals surface area contributed by atoms with Crippen LogP contribution >= 0.6 is 11.6 Å². The molecular weight excluding hydrogens is 474 g/mol. The highest BCUT2D eigenvalue weighted by atomic mass is 35.5. The molecule has 2 N–H and O–H groups in total. The van der Waals surface area contributed by atoms with Gasteiger partial charge in [-0.3, -0.25) is 4.79 Å². The summed E-state index contributed by atoms with van der Waals surface area (Å²) >= 11 is 6.29. The molecule has 0 unspecified atom stereocenters. The summed E-state index contributed by atoms with van der Waals surface area (Å²) in [7, 11) is 5.91. The molecule has 0 aliphatic carbocycles. The quantitative estimate of drug-likeness (QED) is 0.468. The first-order chi connectivity index (χ1) is 16.8. The van der Waals surface area contributed by atoms with Crippen molar-refractivity contribution in [2.24, 2.45) is 0 Å². The fourth-order valence-corrected chi connectivity index (χ4v) is 4.00. The number of amides is 1. The molecule has 11 nitrogen and oxygen atoms in total. The molecule has 0 bridgehead atoms. The van der Waals surface area contributed by atoms with Gasteiger partial charge in [0.1, 0.15) is 11.1 Å². The SMILES string of the molecule is C=CC(=O)Nc1cc(Nc2ncc(Cl)c(O[C@H]3CO[C@H]4CCO[C@H]43)n2)cnc1N(C)CCN(C)C. The summed E-state index contributed by atoms with van der Waals surface area (Å²) in [5, 5.41) is 6.20. The zero-order valence-electron chi connectivity index (χ0n) is 20.0. The van der Waals surface area contributed by atoms with Gasteiger partial charge in [-0.25, -0.2) is 9.97 Å². The third-order valence-corrected chi connectivity index (χ3v) is 5.96. The molecule has 2 aromatic heterocycles. The number of hydrogen-bond acceptors (Lipinski definition) is 10. The first-order valence-electron chi connectivity index (χ1n) is 11.3. The van der Waals surface area contributed by atoms with Gasteiger partial charge in [-0.1, -0.05) is 18.2 Å². The topological polar surface area (TPSA) is 114 Å². The summed E-state index contributed by atoms with van der Waals surface area (Å²) in [5.41, 5.74) is 1.10. The van der Waals surface area contributed by atoms with E-state index in [-0.39, 0.29) is 41.1 Å². The summed E-state index contributed by atoms with van der Waals surface area (Å²) in [5.74, 6) is 0.794. The molecule has 4 heterocycles. The lowest BCUT2D eigenvalue weighted by Gasteiger charge is -2.23. The van der Waals surface area contributed by atoms with Gasteiger partial charge in [-0.15, -0.1) is 0 Å². The molecule has 2 aliphatic heterocycles. The Morgan fingerprint density at radius 3 is 2.89 bits per heavy atom. The van der Waals surface area contributed by atoms with Crippen molar-refractivity contribution in [3.8, 4) is 5.88 Å². The molecule has 35 heavy (non-hydrogen) atoms. The fourth-order valence-electron chi connectivity index (χ4n) is 3.86. The number of anilines is 4. The van der Waals surface area contributed by atoms with Gasteiger partial charge in [-0.05, 0) is 32.7 Å². The molecule has 2 aromatic rings. The van der Waals surface area contributed by atoms with E-state index in [4.69, 9.17) is 25.8 Å². The predicted molar refractivity (Wildman–Crippen MR) is 134 cm³/mol. The van der Waals surface area contributed by atoms with E-state index in [1.807, 2.05) is 26.0 Å². The summed E-state index contributed by atoms with van der Waals surface area (Å²) in [6, 6.07) is 1.76. The molecule has 2 saturated heterocycles. The molecule has 0 aromatic carbocycles. The van der Waals surface area contributed by atoms with Crippen molar-refractivity contribution in [3.63, 3.8) is 0 Å². The van der Waals surface area contributed by atoms with Crippen molar-refractivity contribution in [1.82, 2.24) is 19.9 Å². The number of halogens is 1. The Balaban J connectivity index is 1.51. The maximum absolute atomic E-state index is 12.0. The van der Waals surface area contributed by atoms with Crippen LogP contribution in [0.25, 0.3) is 0 Å². The number of nitrogens with one attached hydrogen (secondary N) is 2. The largest absolute Gasteiger partial charge is 0.468 e. The lowest BCUT2D eigenvalue weighted by Crippen LogP contribution is -2.32. The van der Waals surface area contributed by atoms with Crippen LogP contribution in [-0.2, 0) is 14.3 Å². The molecular formula is C23H30ClN7O4. The highest BCUT2D eigenvalue weighted by molar-refractivity contribution is 6.31. The van der Waals surface area contributed by atoms with Gasteiger partial charge < -0.3 is 34.6 Å². The fraction of sp³-hybridized carbons (Fsp3) is 0.478. The first-order valence-corrected chi connectivity index (χ1v) is 11.7. The minimum atomic E-state index is -0.337. The molecule has 0 saturated carbocycles. The number of carbonyl (C=O) groups excluding carboxylic acids is 1. The normalized spacial score (nSPS) is 21.0. The summed E-state index contributed by atoms with van der Waals surface area (Å²) in [4.78, 5) is 29.3. The summed E-state index contributed by atoms with van der Waals surface area (Å²) in [6.45, 7) is 6.14. The van der Waals surface area contributed by atoms with Gasteiger partial charge >= 0.3 is 0 Å². The highest BCUT2D eigenvalue weighted by Gasteiger charge is 2.43. The van der Waals surface area contributed by atoms with Gasteiger partial charge in [0.05, 0.1) is 36.5 Å². The van der Waals surface area contributed by atoms with Crippen LogP contribution in [0.1, 0.15) is 6.42 Å². The molecule has 1 amide bonds. The Kier molecular flexibility index (Phi) is 8.01. The van der Waals surface area contributed by atoms with Crippen LogP contribution in [0.3, 0.4) is 0 Å². The third kappa shape index (κ3) is 6.17. The maximum atomic E-state index is 12.0. The molecule has 188 valence electrons. The minimum absolute atomic E-state index is 0.0443. The van der Waals surface area contributed by atoms with E-state index in [1.54, 1.807) is 12.3 Å². The van der Waals surface area contributed by atoms with Gasteiger partial charge in [0.25, 0.3) is 0 Å². The van der Waals surface area contributed by atoms with Crippen molar-refractivity contribution in [3.05, 3.63) is 36.1 Å². The van der Waals surface area contributed by atoms with Crippen LogP contribution in [0.4, 0.5) is 23.1 Å². The van der Waals surface area contributed by atoms with Gasteiger partial charge in [0.2, 0.25) is 17.7 Å². The maximum Gasteiger partial charge on any atom is 0.247 e. The monoisotopic (exact) mass is 503 g/mol. The lowest BCUT2D eigenvalue weighted by atomic mass is 10.1. The minimum Gasteiger partial charge on any atom is -0.468 e. The predicted octanol–water partition coefficient (Wildman–Crippen LogP) is 2.33. The van der Waals surface area contributed by atoms with Crippen LogP contribution < -0.4 is 20.3 Å². The standard InChI is InChI=1S/C23H30ClN7O4/c1-5-19(32)28-16-10-14(11-25-21(16)31(4)8-7-30(2)3)27-23-26-12-15(24)22(29-23)35-18-13-34-17-6-9-33-20(17)18/h5,10-12,17-18,20H,1,6-9,13H2,2-4H3,(H,28,32)(H,26,27,29)/t17-,18-,20+/m0/s1. The number of hydrogen-bond donors (Lipinski definition) is 2. The van der Waals surface area contributed by atoms with Crippen molar-refractivity contribution in [2.75, 3.05) is 63.0 Å². The average Bonchev–Trinajstić information content (AvgIpc) is 3.45. The Bertz CT molecular complexity index is 1070. The van der Waals surface area contributed by atoms with Crippen LogP contribution in [0, 0.1) is 0 Å². The molecule has 0 spiro atoms. The van der Waals surface area contributed by atoms with Gasteiger partial charge in [0, 0.05) is 26.7 Å². The van der Waals surface area contributed by atoms with Crippen LogP contribution in [0.2, 0.25) is 5.02 Å². The van der Waals surface area contributed by atoms with E-state index in [0.717, 1.165) is 19.5 Å². The van der Waals surface area contributed by atoms with Crippen molar-refractivity contribution in [2.45, 2.75) is 24.7 Å². The Morgan fingerprint density at radius 2 is 2.11 bits per heavy atom. The third-order valence-electron chi connectivity index (χ3n) is 5.71. The molecule has 2 fully saturated rings. The zero-order chi connectivity index (χ0) is 24.9. The van der Waals surface area contributed by atoms with E-state index >= 15 is 0 Å². The second-order valence-corrected chi connectivity index (χ2v) is 9.04. The Labute approximate surface area is 209 Å². The number of nitrogens with zero attached hydrogens (tertiary/aromatic N) is 5. The molecule has 12 heteroatoms. The van der Waals surface area contributed by atoms with Crippen molar-refractivity contribution in [1.29, 1.82) is 0 Å². The smallest absolute Gasteiger partial charge is 0.247 e. The molecule has 0 radical (unpaired) electrons. The number of aromatic nitrogens is 3. The van der Waals surface area contributed by atoms with Crippen molar-refractivity contribution >= 4 is 40.6 Å². The van der Waals surface area contributed by atoms with Gasteiger partial charge in [-0.2, -0.15) is 4.98 Å². The summed E-state index contributed by atoms with van der Waals surface area (Å²) < 4.78 is 17.5. The molecule has 4 rings (SSSR count). The number of fused-ring (bicyclic) bond motifs is 1. The Hall–Kier alpha value is -2.99. The number of likely N-dealkylation sites (N-methyl/N-ethyl adjacent to an activating group) is 2. The highest BCUT2D eigenvalue weighted by Crippen LogP contribution is 2.32. The van der Waals surface area contributed by atoms with Gasteiger partial charge in [0.15, 0.2) is 11.9 Å². The van der Waals surface area contributed by atoms with E-state index in [9.17, 15) is 4.79 Å². The van der Waals surface area contributed by atoms with E-state index < -0.39 is 0 Å². The second kappa shape index (κ2) is 11.2. The van der Waals surface area contributed by atoms with Crippen LogP contribution in [0.15, 0.2) is 31.1 Å². The molecule has 2 aliphatic rings. The van der Waals surface area contributed by atoms with E-state index in [0.29, 0.717) is 30.4 Å². The number of rotatable bonds is 10. The molecule has 3 atom stereocenters. The van der Waals surface area contributed by atoms with Crippen LogP contribution in [0.5, 0.6) is 5.88 Å². The first kappa shape index (κ1) is 25.1. The summed E-state index contributed by atoms with van der Waals surface area (Å²) in [6.07, 6.45) is 4.80. The number of pyridine rings is 1. The Morgan fingerprint density at radius 1 is 1.29 bits per heavy atom. The second-order valence-electron chi connectivity index (χ2n) is 8.64. The average molecular weight is 504 g/mol. The van der Waals surface area contributed by atoms with Crippen molar-refractivity contribution < 1.29 is 19.0 Å².